The van der Waals surface area contributed by atoms with Crippen LogP contribution in [-0.2, 0) is 6.42 Å². The number of benzene rings is 1. The van der Waals surface area contributed by atoms with Gasteiger partial charge in [-0.05, 0) is 36.5 Å². The molecule has 1 nitrogen and oxygen atoms in total. The maximum absolute atomic E-state index is 13.1. The number of hydrogen-bond donors (Lipinski definition) is 1. The van der Waals surface area contributed by atoms with Crippen molar-refractivity contribution in [3.63, 3.8) is 0 Å². The van der Waals surface area contributed by atoms with Gasteiger partial charge in [-0.2, -0.15) is 0 Å². The summed E-state index contributed by atoms with van der Waals surface area (Å²) in [4.78, 5) is 0. The van der Waals surface area contributed by atoms with Gasteiger partial charge in [0.15, 0.2) is 0 Å². The quantitative estimate of drug-likeness (QED) is 0.866. The van der Waals surface area contributed by atoms with Gasteiger partial charge >= 0.3 is 0 Å². The Morgan fingerprint density at radius 2 is 2.22 bits per heavy atom. The Morgan fingerprint density at radius 3 is 2.89 bits per heavy atom. The fourth-order valence-corrected chi connectivity index (χ4v) is 3.32. The molecule has 1 fully saturated rings. The van der Waals surface area contributed by atoms with Crippen molar-refractivity contribution in [1.82, 2.24) is 0 Å². The third kappa shape index (κ3) is 2.86. The van der Waals surface area contributed by atoms with Crippen LogP contribution in [0.15, 0.2) is 18.2 Å². The molecule has 0 aromatic heterocycles. The Morgan fingerprint density at radius 1 is 1.44 bits per heavy atom. The zero-order valence-electron chi connectivity index (χ0n) is 10.8. The first-order chi connectivity index (χ1) is 8.55. The van der Waals surface area contributed by atoms with Crippen molar-refractivity contribution in [2.24, 2.45) is 5.92 Å². The molecule has 100 valence electrons. The fourth-order valence-electron chi connectivity index (χ4n) is 3.11. The minimum absolute atomic E-state index is 0.139. The first kappa shape index (κ1) is 13.8. The van der Waals surface area contributed by atoms with E-state index in [9.17, 15) is 9.50 Å². The molecule has 2 atom stereocenters. The molecule has 1 aliphatic rings. The molecule has 1 aromatic rings. The predicted molar refractivity (Wildman–Crippen MR) is 72.3 cm³/mol. The second kappa shape index (κ2) is 5.58. The highest BCUT2D eigenvalue weighted by molar-refractivity contribution is 6.30. The summed E-state index contributed by atoms with van der Waals surface area (Å²) >= 11 is 5.79. The van der Waals surface area contributed by atoms with Gasteiger partial charge in [-0.3, -0.25) is 0 Å². The van der Waals surface area contributed by atoms with Crippen molar-refractivity contribution in [3.8, 4) is 0 Å². The van der Waals surface area contributed by atoms with E-state index >= 15 is 0 Å². The number of aliphatic hydroxyl groups is 1. The maximum atomic E-state index is 13.1. The van der Waals surface area contributed by atoms with Gasteiger partial charge in [-0.1, -0.05) is 43.9 Å². The third-order valence-electron chi connectivity index (χ3n) is 4.16. The van der Waals surface area contributed by atoms with Crippen LogP contribution in [0.2, 0.25) is 5.02 Å². The van der Waals surface area contributed by atoms with Crippen LogP contribution in [0.4, 0.5) is 4.39 Å². The first-order valence-corrected chi connectivity index (χ1v) is 7.09. The summed E-state index contributed by atoms with van der Waals surface area (Å²) in [7, 11) is 0. The molecule has 1 aromatic carbocycles. The molecule has 1 saturated carbocycles. The Kier molecular flexibility index (Phi) is 4.29. The monoisotopic (exact) mass is 270 g/mol. The molecule has 0 bridgehead atoms. The minimum Gasteiger partial charge on any atom is -0.389 e. The summed E-state index contributed by atoms with van der Waals surface area (Å²) < 4.78 is 13.1. The third-order valence-corrected chi connectivity index (χ3v) is 4.45. The molecule has 18 heavy (non-hydrogen) atoms. The van der Waals surface area contributed by atoms with Crippen molar-refractivity contribution in [1.29, 1.82) is 0 Å². The van der Waals surface area contributed by atoms with E-state index in [4.69, 9.17) is 11.6 Å². The van der Waals surface area contributed by atoms with Crippen molar-refractivity contribution in [2.75, 3.05) is 0 Å². The second-order valence-electron chi connectivity index (χ2n) is 5.38. The molecule has 2 unspecified atom stereocenters. The molecule has 0 aliphatic heterocycles. The molecule has 0 heterocycles. The van der Waals surface area contributed by atoms with Crippen LogP contribution < -0.4 is 0 Å². The predicted octanol–water partition coefficient (Wildman–Crippen LogP) is 4.35. The van der Waals surface area contributed by atoms with Crippen LogP contribution >= 0.6 is 11.6 Å². The SMILES string of the molecule is CCC1CCCCC1(O)Cc1ccc(F)c(Cl)c1. The lowest BCUT2D eigenvalue weighted by Gasteiger charge is -2.40. The van der Waals surface area contributed by atoms with E-state index in [-0.39, 0.29) is 5.02 Å². The van der Waals surface area contributed by atoms with Gasteiger partial charge in [0.25, 0.3) is 0 Å². The molecule has 0 saturated heterocycles. The zero-order valence-corrected chi connectivity index (χ0v) is 11.5. The molecule has 3 heteroatoms. The number of rotatable bonds is 3. The lowest BCUT2D eigenvalue weighted by atomic mass is 9.71. The zero-order chi connectivity index (χ0) is 13.2. The lowest BCUT2D eigenvalue weighted by molar-refractivity contribution is -0.0491. The molecule has 0 amide bonds. The van der Waals surface area contributed by atoms with Gasteiger partial charge in [-0.25, -0.2) is 4.39 Å². The van der Waals surface area contributed by atoms with Crippen molar-refractivity contribution in [3.05, 3.63) is 34.6 Å². The van der Waals surface area contributed by atoms with Crippen LogP contribution in [0.3, 0.4) is 0 Å². The standard InChI is InChI=1S/C15H20ClFO/c1-2-12-5-3-4-8-15(12,18)10-11-6-7-14(17)13(16)9-11/h6-7,9,12,18H,2-5,8,10H2,1H3. The Balaban J connectivity index is 2.17. The highest BCUT2D eigenvalue weighted by atomic mass is 35.5. The average molecular weight is 271 g/mol. The maximum Gasteiger partial charge on any atom is 0.141 e. The highest BCUT2D eigenvalue weighted by Gasteiger charge is 2.37. The van der Waals surface area contributed by atoms with Gasteiger partial charge < -0.3 is 5.11 Å². The molecule has 0 spiro atoms. The van der Waals surface area contributed by atoms with Gasteiger partial charge in [-0.15, -0.1) is 0 Å². The molecule has 1 aliphatic carbocycles. The molecule has 2 rings (SSSR count). The lowest BCUT2D eigenvalue weighted by Crippen LogP contribution is -2.42. The van der Waals surface area contributed by atoms with Crippen LogP contribution in [0.5, 0.6) is 0 Å². The summed E-state index contributed by atoms with van der Waals surface area (Å²) in [5.41, 5.74) is 0.276. The summed E-state index contributed by atoms with van der Waals surface area (Å²) in [5.74, 6) is -0.0572. The Bertz CT molecular complexity index is 421. The van der Waals surface area contributed by atoms with E-state index < -0.39 is 11.4 Å². The van der Waals surface area contributed by atoms with Crippen molar-refractivity contribution < 1.29 is 9.50 Å². The normalized spacial score (nSPS) is 28.3. The highest BCUT2D eigenvalue weighted by Crippen LogP contribution is 2.38. The van der Waals surface area contributed by atoms with Crippen LogP contribution in [0, 0.1) is 11.7 Å². The number of hydrogen-bond acceptors (Lipinski definition) is 1. The average Bonchev–Trinajstić information content (AvgIpc) is 2.34. The van der Waals surface area contributed by atoms with Crippen LogP contribution in [0.25, 0.3) is 0 Å². The van der Waals surface area contributed by atoms with Crippen molar-refractivity contribution >= 4 is 11.6 Å². The second-order valence-corrected chi connectivity index (χ2v) is 5.79. The molecular formula is C15H20ClFO. The Labute approximate surface area is 113 Å². The van der Waals surface area contributed by atoms with Crippen molar-refractivity contribution in [2.45, 2.75) is 51.0 Å². The van der Waals surface area contributed by atoms with Gasteiger partial charge in [0.2, 0.25) is 0 Å². The van der Waals surface area contributed by atoms with E-state index in [0.29, 0.717) is 12.3 Å². The van der Waals surface area contributed by atoms with Gasteiger partial charge in [0.1, 0.15) is 5.82 Å². The summed E-state index contributed by atoms with van der Waals surface area (Å²) in [6, 6.07) is 4.74. The topological polar surface area (TPSA) is 20.2 Å². The largest absolute Gasteiger partial charge is 0.389 e. The van der Waals surface area contributed by atoms with E-state index in [0.717, 1.165) is 31.2 Å². The summed E-state index contributed by atoms with van der Waals surface area (Å²) in [6.07, 6.45) is 5.76. The fraction of sp³-hybridized carbons (Fsp3) is 0.600. The smallest absolute Gasteiger partial charge is 0.141 e. The van der Waals surface area contributed by atoms with E-state index in [1.807, 2.05) is 0 Å². The number of halogens is 2. The Hall–Kier alpha value is -0.600. The molecule has 0 radical (unpaired) electrons. The minimum atomic E-state index is -0.645. The van der Waals surface area contributed by atoms with Gasteiger partial charge in [0, 0.05) is 6.42 Å². The van der Waals surface area contributed by atoms with Gasteiger partial charge in [0.05, 0.1) is 10.6 Å². The van der Waals surface area contributed by atoms with E-state index in [1.165, 1.54) is 12.5 Å². The summed E-state index contributed by atoms with van der Waals surface area (Å²) in [5, 5.41) is 10.9. The first-order valence-electron chi connectivity index (χ1n) is 6.71. The van der Waals surface area contributed by atoms with Crippen LogP contribution in [0.1, 0.15) is 44.6 Å². The molecular weight excluding hydrogens is 251 g/mol. The van der Waals surface area contributed by atoms with Crippen LogP contribution in [-0.4, -0.2) is 10.7 Å². The van der Waals surface area contributed by atoms with E-state index in [2.05, 4.69) is 6.92 Å². The van der Waals surface area contributed by atoms with E-state index in [1.54, 1.807) is 12.1 Å². The summed E-state index contributed by atoms with van der Waals surface area (Å²) in [6.45, 7) is 2.12. The molecule has 1 N–H and O–H groups in total.